The first-order valence-electron chi connectivity index (χ1n) is 5.47. The van der Waals surface area contributed by atoms with Crippen LogP contribution in [-0.4, -0.2) is 12.6 Å². The molecule has 1 amide bonds. The highest BCUT2D eigenvalue weighted by molar-refractivity contribution is 5.68. The van der Waals surface area contributed by atoms with E-state index in [1.165, 1.54) is 5.56 Å². The first-order valence-corrected chi connectivity index (χ1v) is 5.47. The van der Waals surface area contributed by atoms with Gasteiger partial charge in [0.2, 0.25) is 0 Å². The summed E-state index contributed by atoms with van der Waals surface area (Å²) >= 11 is 0. The van der Waals surface area contributed by atoms with Crippen molar-refractivity contribution in [2.75, 3.05) is 6.54 Å². The molecule has 0 aliphatic heterocycles. The van der Waals surface area contributed by atoms with E-state index in [9.17, 15) is 4.79 Å². The van der Waals surface area contributed by atoms with Crippen LogP contribution in [0.15, 0.2) is 18.2 Å². The number of aryl methyl sites for hydroxylation is 1. The second-order valence-corrected chi connectivity index (χ2v) is 3.96. The van der Waals surface area contributed by atoms with Crippen LogP contribution in [-0.2, 0) is 6.42 Å². The zero-order valence-corrected chi connectivity index (χ0v) is 9.40. The van der Waals surface area contributed by atoms with Crippen LogP contribution in [0.5, 0.6) is 5.75 Å². The normalized spacial score (nSPS) is 17.2. The van der Waals surface area contributed by atoms with Crippen LogP contribution in [0, 0.1) is 12.3 Å². The summed E-state index contributed by atoms with van der Waals surface area (Å²) in [5.74, 6) is 3.03. The van der Waals surface area contributed by atoms with Crippen molar-refractivity contribution >= 4 is 6.09 Å². The average molecular weight is 230 g/mol. The number of rotatable bonds is 3. The number of carbonyl (C=O) groups excluding carboxylic acids is 1. The van der Waals surface area contributed by atoms with Crippen molar-refractivity contribution in [3.63, 3.8) is 0 Å². The minimum Gasteiger partial charge on any atom is -0.410 e. The topological polar surface area (TPSA) is 64.3 Å². The Bertz CT molecular complexity index is 477. The van der Waals surface area contributed by atoms with Crippen LogP contribution in [0.4, 0.5) is 4.79 Å². The van der Waals surface area contributed by atoms with E-state index in [0.717, 1.165) is 18.4 Å². The summed E-state index contributed by atoms with van der Waals surface area (Å²) in [5.41, 5.74) is 7.38. The van der Waals surface area contributed by atoms with Gasteiger partial charge in [-0.1, -0.05) is 12.0 Å². The second-order valence-electron chi connectivity index (χ2n) is 3.96. The highest BCUT2D eigenvalue weighted by Crippen LogP contribution is 2.33. The standard InChI is InChI=1S/C13H14N2O2/c1-2-7-15-12-6-4-9-3-5-10(8-11(9)12)17-13(14)16/h1,3,5,8,12,15H,4,6-7H2,(H2,14,16)/t12-/m1/s1. The van der Waals surface area contributed by atoms with Gasteiger partial charge in [-0.15, -0.1) is 6.42 Å². The van der Waals surface area contributed by atoms with Crippen molar-refractivity contribution in [3.8, 4) is 18.1 Å². The number of hydrogen-bond donors (Lipinski definition) is 2. The number of primary amides is 1. The zero-order valence-electron chi connectivity index (χ0n) is 9.40. The summed E-state index contributed by atoms with van der Waals surface area (Å²) in [5, 5.41) is 3.26. The number of hydrogen-bond acceptors (Lipinski definition) is 3. The number of nitrogens with two attached hydrogens (primary N) is 1. The molecule has 1 aromatic rings. The summed E-state index contributed by atoms with van der Waals surface area (Å²) in [4.78, 5) is 10.7. The summed E-state index contributed by atoms with van der Waals surface area (Å²) in [6.45, 7) is 0.533. The molecule has 0 unspecified atom stereocenters. The van der Waals surface area contributed by atoms with Crippen LogP contribution in [0.25, 0.3) is 0 Å². The second kappa shape index (κ2) is 4.89. The Hall–Kier alpha value is -1.99. The van der Waals surface area contributed by atoms with Gasteiger partial charge in [0.1, 0.15) is 5.75 Å². The van der Waals surface area contributed by atoms with Gasteiger partial charge in [-0.05, 0) is 36.1 Å². The fraction of sp³-hybridized carbons (Fsp3) is 0.308. The van der Waals surface area contributed by atoms with E-state index in [1.54, 1.807) is 6.07 Å². The minimum atomic E-state index is -0.795. The lowest BCUT2D eigenvalue weighted by atomic mass is 10.1. The predicted octanol–water partition coefficient (Wildman–Crippen LogP) is 1.35. The molecule has 4 nitrogen and oxygen atoms in total. The molecule has 2 rings (SSSR count). The smallest absolute Gasteiger partial charge is 0.409 e. The lowest BCUT2D eigenvalue weighted by molar-refractivity contribution is 0.211. The molecule has 1 aliphatic rings. The fourth-order valence-electron chi connectivity index (χ4n) is 2.15. The van der Waals surface area contributed by atoms with E-state index < -0.39 is 6.09 Å². The molecule has 0 spiro atoms. The van der Waals surface area contributed by atoms with Gasteiger partial charge in [-0.2, -0.15) is 0 Å². The highest BCUT2D eigenvalue weighted by atomic mass is 16.5. The van der Waals surface area contributed by atoms with Crippen molar-refractivity contribution < 1.29 is 9.53 Å². The van der Waals surface area contributed by atoms with Gasteiger partial charge in [0.25, 0.3) is 0 Å². The Kier molecular flexibility index (Phi) is 3.31. The molecule has 0 fully saturated rings. The third kappa shape index (κ3) is 2.58. The molecule has 0 saturated carbocycles. The number of terminal acetylenes is 1. The summed E-state index contributed by atoms with van der Waals surface area (Å²) < 4.78 is 4.86. The molecule has 4 heteroatoms. The molecular weight excluding hydrogens is 216 g/mol. The third-order valence-electron chi connectivity index (χ3n) is 2.86. The Morgan fingerprint density at radius 1 is 1.65 bits per heavy atom. The molecule has 88 valence electrons. The first-order chi connectivity index (χ1) is 8.20. The van der Waals surface area contributed by atoms with Gasteiger partial charge in [-0.25, -0.2) is 4.79 Å². The molecular formula is C13H14N2O2. The maximum Gasteiger partial charge on any atom is 0.409 e. The largest absolute Gasteiger partial charge is 0.410 e. The minimum absolute atomic E-state index is 0.234. The maximum absolute atomic E-state index is 10.7. The Labute approximate surface area is 100 Å². The fourth-order valence-corrected chi connectivity index (χ4v) is 2.15. The van der Waals surface area contributed by atoms with Gasteiger partial charge < -0.3 is 10.5 Å². The molecule has 3 N–H and O–H groups in total. The number of benzene rings is 1. The molecule has 0 saturated heterocycles. The van der Waals surface area contributed by atoms with E-state index in [1.807, 2.05) is 12.1 Å². The lowest BCUT2D eigenvalue weighted by Crippen LogP contribution is -2.20. The van der Waals surface area contributed by atoms with Crippen molar-refractivity contribution in [1.82, 2.24) is 5.32 Å². The summed E-state index contributed by atoms with van der Waals surface area (Å²) in [6, 6.07) is 5.80. The average Bonchev–Trinajstić information content (AvgIpc) is 2.68. The van der Waals surface area contributed by atoms with E-state index in [4.69, 9.17) is 16.9 Å². The van der Waals surface area contributed by atoms with Crippen molar-refractivity contribution in [1.29, 1.82) is 0 Å². The number of amides is 1. The van der Waals surface area contributed by atoms with Crippen LogP contribution >= 0.6 is 0 Å². The van der Waals surface area contributed by atoms with Gasteiger partial charge >= 0.3 is 6.09 Å². The number of nitrogens with one attached hydrogen (secondary N) is 1. The van der Waals surface area contributed by atoms with Crippen LogP contribution in [0.3, 0.4) is 0 Å². The quantitative estimate of drug-likeness (QED) is 0.770. The van der Waals surface area contributed by atoms with Crippen molar-refractivity contribution in [3.05, 3.63) is 29.3 Å². The Morgan fingerprint density at radius 2 is 2.47 bits per heavy atom. The first kappa shape index (κ1) is 11.5. The number of fused-ring (bicyclic) bond motifs is 1. The SMILES string of the molecule is C#CCN[C@@H]1CCc2ccc(OC(N)=O)cc21. The van der Waals surface area contributed by atoms with Gasteiger partial charge in [0.05, 0.1) is 6.54 Å². The molecule has 0 bridgehead atoms. The molecule has 1 aromatic carbocycles. The molecule has 0 heterocycles. The predicted molar refractivity (Wildman–Crippen MR) is 64.6 cm³/mol. The monoisotopic (exact) mass is 230 g/mol. The third-order valence-corrected chi connectivity index (χ3v) is 2.86. The molecule has 17 heavy (non-hydrogen) atoms. The van der Waals surface area contributed by atoms with E-state index in [2.05, 4.69) is 11.2 Å². The van der Waals surface area contributed by atoms with Gasteiger partial charge in [0.15, 0.2) is 0 Å². The van der Waals surface area contributed by atoms with Crippen LogP contribution in [0.1, 0.15) is 23.6 Å². The summed E-state index contributed by atoms with van der Waals surface area (Å²) in [6.07, 6.45) is 6.45. The van der Waals surface area contributed by atoms with Crippen LogP contribution in [0.2, 0.25) is 0 Å². The highest BCUT2D eigenvalue weighted by Gasteiger charge is 2.22. The van der Waals surface area contributed by atoms with Crippen molar-refractivity contribution in [2.45, 2.75) is 18.9 Å². The number of carbonyl (C=O) groups is 1. The van der Waals surface area contributed by atoms with Crippen LogP contribution < -0.4 is 15.8 Å². The zero-order chi connectivity index (χ0) is 12.3. The molecule has 1 aliphatic carbocycles. The van der Waals surface area contributed by atoms with E-state index >= 15 is 0 Å². The van der Waals surface area contributed by atoms with Crippen molar-refractivity contribution in [2.24, 2.45) is 5.73 Å². The van der Waals surface area contributed by atoms with E-state index in [0.29, 0.717) is 12.3 Å². The molecule has 1 atom stereocenters. The Morgan fingerprint density at radius 3 is 3.18 bits per heavy atom. The lowest BCUT2D eigenvalue weighted by Gasteiger charge is -2.12. The summed E-state index contributed by atoms with van der Waals surface area (Å²) in [7, 11) is 0. The Balaban J connectivity index is 2.18. The molecule has 0 aromatic heterocycles. The van der Waals surface area contributed by atoms with E-state index in [-0.39, 0.29) is 6.04 Å². The van der Waals surface area contributed by atoms with Gasteiger partial charge in [0, 0.05) is 6.04 Å². The maximum atomic E-state index is 10.7. The number of ether oxygens (including phenoxy) is 1. The van der Waals surface area contributed by atoms with Gasteiger partial charge in [-0.3, -0.25) is 5.32 Å². The molecule has 0 radical (unpaired) electrons.